The topological polar surface area (TPSA) is 84.2 Å². The zero-order chi connectivity index (χ0) is 22.5. The molecule has 2 bridgehead atoms. The van der Waals surface area contributed by atoms with Crippen molar-refractivity contribution in [1.29, 1.82) is 0 Å². The van der Waals surface area contributed by atoms with Gasteiger partial charge in [-0.3, -0.25) is 4.79 Å². The van der Waals surface area contributed by atoms with E-state index in [0.29, 0.717) is 29.7 Å². The van der Waals surface area contributed by atoms with Gasteiger partial charge in [-0.25, -0.2) is 15.0 Å². The van der Waals surface area contributed by atoms with Crippen molar-refractivity contribution in [2.45, 2.75) is 38.0 Å². The van der Waals surface area contributed by atoms with Crippen LogP contribution < -0.4 is 5.32 Å². The Hall–Kier alpha value is -3.43. The Kier molecular flexibility index (Phi) is 4.87. The minimum absolute atomic E-state index is 0.0995. The van der Waals surface area contributed by atoms with Crippen LogP contribution in [0.5, 0.6) is 0 Å². The molecule has 3 aromatic heterocycles. The van der Waals surface area contributed by atoms with E-state index in [1.165, 1.54) is 18.5 Å². The second-order valence-corrected chi connectivity index (χ2v) is 8.29. The molecule has 1 aliphatic heterocycles. The summed E-state index contributed by atoms with van der Waals surface area (Å²) in [5.74, 6) is 0.790. The molecule has 3 atom stereocenters. The molecule has 4 heterocycles. The van der Waals surface area contributed by atoms with Crippen LogP contribution in [0.3, 0.4) is 0 Å². The molecule has 0 spiro atoms. The standard InChI is InChI=1S/C22H20F3N5O2/c1-12-6-15(20-26-4-5-32-20)19(28-9-12)21(31)30-11-13-7-16(17(30)8-13)29-18-3-2-14(10-27-18)22(23,24)25/h2-6,9-10,13,16-17H,7-8,11H2,1H3,(H,27,29)/t13-,16-,17+/m1/s1. The molecule has 5 rings (SSSR count). The molecule has 1 saturated heterocycles. The number of carbonyl (C=O) groups is 1. The second-order valence-electron chi connectivity index (χ2n) is 8.29. The molecular weight excluding hydrogens is 423 g/mol. The van der Waals surface area contributed by atoms with Gasteiger partial charge in [0.25, 0.3) is 5.91 Å². The number of nitrogens with one attached hydrogen (secondary N) is 1. The van der Waals surface area contributed by atoms with E-state index < -0.39 is 11.7 Å². The number of halogens is 3. The molecule has 166 valence electrons. The number of likely N-dealkylation sites (tertiary alicyclic amines) is 1. The summed E-state index contributed by atoms with van der Waals surface area (Å²) in [5.41, 5.74) is 0.900. The molecule has 3 aromatic rings. The Balaban J connectivity index is 1.36. The fourth-order valence-corrected chi connectivity index (χ4v) is 4.65. The molecule has 10 heteroatoms. The molecule has 7 nitrogen and oxygen atoms in total. The van der Waals surface area contributed by atoms with Crippen molar-refractivity contribution in [3.05, 3.63) is 59.9 Å². The molecule has 1 aliphatic carbocycles. The number of piperidine rings is 1. The lowest BCUT2D eigenvalue weighted by Crippen LogP contribution is -2.48. The number of hydrogen-bond donors (Lipinski definition) is 1. The highest BCUT2D eigenvalue weighted by molar-refractivity contribution is 5.98. The third-order valence-corrected chi connectivity index (χ3v) is 6.06. The van der Waals surface area contributed by atoms with Crippen LogP contribution in [0.25, 0.3) is 11.5 Å². The summed E-state index contributed by atoms with van der Waals surface area (Å²) in [4.78, 5) is 27.7. The quantitative estimate of drug-likeness (QED) is 0.652. The lowest BCUT2D eigenvalue weighted by atomic mass is 10.0. The van der Waals surface area contributed by atoms with Crippen LogP contribution in [0, 0.1) is 12.8 Å². The molecular formula is C22H20F3N5O2. The summed E-state index contributed by atoms with van der Waals surface area (Å²) in [5, 5.41) is 3.21. The fraction of sp³-hybridized carbons (Fsp3) is 0.364. The number of anilines is 1. The van der Waals surface area contributed by atoms with Gasteiger partial charge in [-0.15, -0.1) is 0 Å². The van der Waals surface area contributed by atoms with Crippen molar-refractivity contribution in [2.75, 3.05) is 11.9 Å². The van der Waals surface area contributed by atoms with Gasteiger partial charge in [-0.1, -0.05) is 0 Å². The number of hydrogen-bond acceptors (Lipinski definition) is 6. The van der Waals surface area contributed by atoms with Crippen LogP contribution in [0.4, 0.5) is 19.0 Å². The van der Waals surface area contributed by atoms with Crippen molar-refractivity contribution in [3.8, 4) is 11.5 Å². The molecule has 0 unspecified atom stereocenters. The average molecular weight is 443 g/mol. The predicted octanol–water partition coefficient (Wildman–Crippen LogP) is 4.17. The lowest BCUT2D eigenvalue weighted by Gasteiger charge is -2.34. The Labute approximate surface area is 181 Å². The molecule has 2 fully saturated rings. The van der Waals surface area contributed by atoms with Gasteiger partial charge in [0.05, 0.1) is 23.4 Å². The summed E-state index contributed by atoms with van der Waals surface area (Å²) in [7, 11) is 0. The van der Waals surface area contributed by atoms with Crippen molar-refractivity contribution in [3.63, 3.8) is 0 Å². The maximum Gasteiger partial charge on any atom is 0.417 e. The number of alkyl halides is 3. The lowest BCUT2D eigenvalue weighted by molar-refractivity contribution is -0.137. The Bertz CT molecular complexity index is 1130. The maximum absolute atomic E-state index is 13.4. The Morgan fingerprint density at radius 3 is 2.69 bits per heavy atom. The van der Waals surface area contributed by atoms with Crippen LogP contribution in [-0.2, 0) is 6.18 Å². The first-order valence-electron chi connectivity index (χ1n) is 10.3. The van der Waals surface area contributed by atoms with Crippen LogP contribution in [-0.4, -0.2) is 44.4 Å². The van der Waals surface area contributed by atoms with Gasteiger partial charge in [0.2, 0.25) is 5.89 Å². The minimum atomic E-state index is -4.43. The van der Waals surface area contributed by atoms with Crippen LogP contribution >= 0.6 is 0 Å². The molecule has 0 aromatic carbocycles. The third-order valence-electron chi connectivity index (χ3n) is 6.06. The molecule has 32 heavy (non-hydrogen) atoms. The van der Waals surface area contributed by atoms with E-state index in [-0.39, 0.29) is 23.7 Å². The number of nitrogens with zero attached hydrogens (tertiary/aromatic N) is 4. The number of carbonyl (C=O) groups excluding carboxylic acids is 1. The summed E-state index contributed by atoms with van der Waals surface area (Å²) in [6.07, 6.45) is 2.63. The van der Waals surface area contributed by atoms with Crippen LogP contribution in [0.1, 0.15) is 34.5 Å². The highest BCUT2D eigenvalue weighted by Gasteiger charge is 2.47. The van der Waals surface area contributed by atoms with Crippen LogP contribution in [0.2, 0.25) is 0 Å². The molecule has 0 radical (unpaired) electrons. The third kappa shape index (κ3) is 3.69. The molecule has 1 N–H and O–H groups in total. The molecule has 1 amide bonds. The van der Waals surface area contributed by atoms with Crippen LogP contribution in [0.15, 0.2) is 47.5 Å². The summed E-state index contributed by atoms with van der Waals surface area (Å²) in [6, 6.07) is 3.95. The number of pyridine rings is 2. The predicted molar refractivity (Wildman–Crippen MR) is 109 cm³/mol. The van der Waals surface area contributed by atoms with E-state index >= 15 is 0 Å². The van der Waals surface area contributed by atoms with E-state index in [1.807, 2.05) is 13.0 Å². The van der Waals surface area contributed by atoms with Gasteiger partial charge >= 0.3 is 6.18 Å². The van der Waals surface area contributed by atoms with Gasteiger partial charge in [-0.2, -0.15) is 13.2 Å². The monoisotopic (exact) mass is 443 g/mol. The molecule has 1 saturated carbocycles. The van der Waals surface area contributed by atoms with E-state index in [9.17, 15) is 18.0 Å². The van der Waals surface area contributed by atoms with E-state index in [4.69, 9.17) is 4.42 Å². The number of oxazole rings is 1. The summed E-state index contributed by atoms with van der Waals surface area (Å²) in [6.45, 7) is 2.49. The van der Waals surface area contributed by atoms with Crippen molar-refractivity contribution < 1.29 is 22.4 Å². The van der Waals surface area contributed by atoms with Crippen molar-refractivity contribution in [1.82, 2.24) is 19.9 Å². The first-order valence-corrected chi connectivity index (χ1v) is 10.3. The van der Waals surface area contributed by atoms with E-state index in [1.54, 1.807) is 11.1 Å². The fourth-order valence-electron chi connectivity index (χ4n) is 4.65. The number of amides is 1. The van der Waals surface area contributed by atoms with Crippen molar-refractivity contribution in [2.24, 2.45) is 5.92 Å². The Morgan fingerprint density at radius 1 is 1.19 bits per heavy atom. The minimum Gasteiger partial charge on any atom is -0.444 e. The van der Waals surface area contributed by atoms with Gasteiger partial charge in [0.15, 0.2) is 0 Å². The maximum atomic E-state index is 13.4. The largest absolute Gasteiger partial charge is 0.444 e. The summed E-state index contributed by atoms with van der Waals surface area (Å²) < 4.78 is 43.8. The van der Waals surface area contributed by atoms with E-state index in [2.05, 4.69) is 20.3 Å². The Morgan fingerprint density at radius 2 is 2.03 bits per heavy atom. The zero-order valence-electron chi connectivity index (χ0n) is 17.1. The van der Waals surface area contributed by atoms with Crippen molar-refractivity contribution >= 4 is 11.7 Å². The summed E-state index contributed by atoms with van der Waals surface area (Å²) >= 11 is 0. The zero-order valence-corrected chi connectivity index (χ0v) is 17.1. The van der Waals surface area contributed by atoms with Gasteiger partial charge < -0.3 is 14.6 Å². The first kappa shape index (κ1) is 20.5. The average Bonchev–Trinajstić information content (AvgIpc) is 3.50. The van der Waals surface area contributed by atoms with Gasteiger partial charge in [-0.05, 0) is 49.4 Å². The van der Waals surface area contributed by atoms with Gasteiger partial charge in [0, 0.05) is 25.0 Å². The van der Waals surface area contributed by atoms with E-state index in [0.717, 1.165) is 30.7 Å². The number of aryl methyl sites for hydroxylation is 1. The number of aromatic nitrogens is 3. The van der Waals surface area contributed by atoms with Gasteiger partial charge in [0.1, 0.15) is 17.8 Å². The molecule has 2 aliphatic rings. The highest BCUT2D eigenvalue weighted by atomic mass is 19.4. The normalized spacial score (nSPS) is 22.4. The first-order chi connectivity index (χ1) is 15.3. The smallest absolute Gasteiger partial charge is 0.417 e. The second kappa shape index (κ2) is 7.61. The number of rotatable bonds is 4. The number of fused-ring (bicyclic) bond motifs is 2. The SMILES string of the molecule is Cc1cnc(C(=O)N2C[C@@H]3C[C@@H](Nc4ccc(C(F)(F)F)cn4)[C@@H]2C3)c(-c2ncco2)c1. The highest BCUT2D eigenvalue weighted by Crippen LogP contribution is 2.40.